The number of amides is 1. The average molecular weight is 245 g/mol. The van der Waals surface area contributed by atoms with Gasteiger partial charge in [0.05, 0.1) is 25.4 Å². The number of hydrogen-bond acceptors (Lipinski definition) is 4. The zero-order chi connectivity index (χ0) is 13.1. The molecule has 0 saturated carbocycles. The Morgan fingerprint density at radius 3 is 2.65 bits per heavy atom. The van der Waals surface area contributed by atoms with Crippen molar-refractivity contribution in [3.05, 3.63) is 0 Å². The molecule has 1 rings (SSSR count). The summed E-state index contributed by atoms with van der Waals surface area (Å²) >= 11 is 0. The van der Waals surface area contributed by atoms with Gasteiger partial charge < -0.3 is 19.9 Å². The first-order valence-corrected chi connectivity index (χ1v) is 6.09. The smallest absolute Gasteiger partial charge is 0.407 e. The van der Waals surface area contributed by atoms with Gasteiger partial charge in [0.25, 0.3) is 0 Å². The number of aliphatic hydroxyl groups excluding tert-OH is 1. The zero-order valence-corrected chi connectivity index (χ0v) is 11.0. The predicted octanol–water partition coefficient (Wildman–Crippen LogP) is 1.30. The summed E-state index contributed by atoms with van der Waals surface area (Å²) in [6.07, 6.45) is -0.305. The molecule has 1 heterocycles. The lowest BCUT2D eigenvalue weighted by Gasteiger charge is -2.35. The summed E-state index contributed by atoms with van der Waals surface area (Å²) in [5, 5.41) is 12.6. The van der Waals surface area contributed by atoms with E-state index in [-0.39, 0.29) is 18.6 Å². The first-order valence-electron chi connectivity index (χ1n) is 6.09. The topological polar surface area (TPSA) is 67.8 Å². The maximum Gasteiger partial charge on any atom is 0.407 e. The highest BCUT2D eigenvalue weighted by Crippen LogP contribution is 2.19. The fourth-order valence-electron chi connectivity index (χ4n) is 1.89. The standard InChI is InChI=1S/C12H23NO4/c1-5-8-6-16-7-9(14)10(8)13-11(15)17-12(2,3)4/h8-10,14H,5-7H2,1-4H3,(H,13,15)/t8-,9-,10+/m0/s1. The van der Waals surface area contributed by atoms with E-state index < -0.39 is 17.8 Å². The van der Waals surface area contributed by atoms with Crippen molar-refractivity contribution in [1.82, 2.24) is 5.32 Å². The summed E-state index contributed by atoms with van der Waals surface area (Å²) in [6, 6.07) is -0.288. The molecule has 3 atom stereocenters. The van der Waals surface area contributed by atoms with Crippen molar-refractivity contribution in [2.24, 2.45) is 5.92 Å². The molecular formula is C12H23NO4. The van der Waals surface area contributed by atoms with E-state index in [1.54, 1.807) is 0 Å². The van der Waals surface area contributed by atoms with Crippen molar-refractivity contribution in [3.63, 3.8) is 0 Å². The third-order valence-electron chi connectivity index (χ3n) is 2.75. The number of hydrogen-bond donors (Lipinski definition) is 2. The van der Waals surface area contributed by atoms with E-state index in [2.05, 4.69) is 5.32 Å². The van der Waals surface area contributed by atoms with Gasteiger partial charge in [0.15, 0.2) is 0 Å². The van der Waals surface area contributed by atoms with Crippen molar-refractivity contribution >= 4 is 6.09 Å². The van der Waals surface area contributed by atoms with Crippen LogP contribution in [0.5, 0.6) is 0 Å². The minimum atomic E-state index is -0.666. The Morgan fingerprint density at radius 2 is 2.12 bits per heavy atom. The maximum atomic E-state index is 11.6. The van der Waals surface area contributed by atoms with Gasteiger partial charge in [-0.2, -0.15) is 0 Å². The molecule has 0 aromatic rings. The monoisotopic (exact) mass is 245 g/mol. The second kappa shape index (κ2) is 5.69. The third-order valence-corrected chi connectivity index (χ3v) is 2.75. The Morgan fingerprint density at radius 1 is 1.47 bits per heavy atom. The van der Waals surface area contributed by atoms with Crippen LogP contribution in [-0.4, -0.2) is 42.2 Å². The van der Waals surface area contributed by atoms with Crippen LogP contribution in [-0.2, 0) is 9.47 Å². The second-order valence-electron chi connectivity index (χ2n) is 5.45. The maximum absolute atomic E-state index is 11.6. The van der Waals surface area contributed by atoms with Gasteiger partial charge in [0, 0.05) is 5.92 Å². The lowest BCUT2D eigenvalue weighted by atomic mass is 9.91. The molecular weight excluding hydrogens is 222 g/mol. The van der Waals surface area contributed by atoms with E-state index in [0.717, 1.165) is 6.42 Å². The van der Waals surface area contributed by atoms with Crippen LogP contribution in [0.1, 0.15) is 34.1 Å². The molecule has 1 amide bonds. The summed E-state index contributed by atoms with van der Waals surface area (Å²) < 4.78 is 10.4. The number of rotatable bonds is 2. The molecule has 1 saturated heterocycles. The van der Waals surface area contributed by atoms with Crippen LogP contribution in [0.25, 0.3) is 0 Å². The van der Waals surface area contributed by atoms with Crippen LogP contribution in [0.15, 0.2) is 0 Å². The van der Waals surface area contributed by atoms with Gasteiger partial charge in [-0.25, -0.2) is 4.79 Å². The largest absolute Gasteiger partial charge is 0.444 e. The molecule has 0 unspecified atom stereocenters. The van der Waals surface area contributed by atoms with Crippen LogP contribution in [0, 0.1) is 5.92 Å². The minimum absolute atomic E-state index is 0.131. The van der Waals surface area contributed by atoms with Gasteiger partial charge in [-0.05, 0) is 27.2 Å². The fraction of sp³-hybridized carbons (Fsp3) is 0.917. The minimum Gasteiger partial charge on any atom is -0.444 e. The first-order chi connectivity index (χ1) is 7.83. The Labute approximate surface area is 102 Å². The lowest BCUT2D eigenvalue weighted by molar-refractivity contribution is -0.0624. The second-order valence-corrected chi connectivity index (χ2v) is 5.45. The van der Waals surface area contributed by atoms with E-state index in [9.17, 15) is 9.90 Å². The molecule has 1 aliphatic rings. The van der Waals surface area contributed by atoms with Gasteiger partial charge in [-0.1, -0.05) is 6.92 Å². The molecule has 17 heavy (non-hydrogen) atoms. The zero-order valence-electron chi connectivity index (χ0n) is 11.0. The summed E-state index contributed by atoms with van der Waals surface area (Å²) in [7, 11) is 0. The predicted molar refractivity (Wildman–Crippen MR) is 63.8 cm³/mol. The average Bonchev–Trinajstić information content (AvgIpc) is 2.18. The van der Waals surface area contributed by atoms with E-state index in [4.69, 9.17) is 9.47 Å². The number of aliphatic hydroxyl groups is 1. The van der Waals surface area contributed by atoms with Gasteiger partial charge >= 0.3 is 6.09 Å². The number of carbonyl (C=O) groups is 1. The van der Waals surface area contributed by atoms with Gasteiger partial charge in [-0.15, -0.1) is 0 Å². The first kappa shape index (κ1) is 14.3. The molecule has 5 nitrogen and oxygen atoms in total. The van der Waals surface area contributed by atoms with Crippen LogP contribution in [0.2, 0.25) is 0 Å². The van der Waals surface area contributed by atoms with Gasteiger partial charge in [0.1, 0.15) is 5.60 Å². The molecule has 0 aromatic heterocycles. The quantitative estimate of drug-likeness (QED) is 0.769. The van der Waals surface area contributed by atoms with Crippen LogP contribution in [0.3, 0.4) is 0 Å². The van der Waals surface area contributed by atoms with E-state index in [0.29, 0.717) is 6.61 Å². The third kappa shape index (κ3) is 4.52. The molecule has 0 radical (unpaired) electrons. The molecule has 1 fully saturated rings. The van der Waals surface area contributed by atoms with E-state index in [1.807, 2.05) is 27.7 Å². The van der Waals surface area contributed by atoms with Gasteiger partial charge in [0.2, 0.25) is 0 Å². The van der Waals surface area contributed by atoms with Crippen LogP contribution >= 0.6 is 0 Å². The van der Waals surface area contributed by atoms with Crippen LogP contribution in [0.4, 0.5) is 4.79 Å². The number of nitrogens with one attached hydrogen (secondary N) is 1. The molecule has 0 spiro atoms. The van der Waals surface area contributed by atoms with Crippen LogP contribution < -0.4 is 5.32 Å². The summed E-state index contributed by atoms with van der Waals surface area (Å²) in [4.78, 5) is 11.6. The highest BCUT2D eigenvalue weighted by Gasteiger charge is 2.34. The lowest BCUT2D eigenvalue weighted by Crippen LogP contribution is -2.54. The van der Waals surface area contributed by atoms with E-state index >= 15 is 0 Å². The Balaban J connectivity index is 2.55. The number of alkyl carbamates (subject to hydrolysis) is 1. The molecule has 100 valence electrons. The molecule has 0 aliphatic carbocycles. The normalized spacial score (nSPS) is 29.8. The Kier molecular flexibility index (Phi) is 4.77. The molecule has 0 aromatic carbocycles. The summed E-state index contributed by atoms with van der Waals surface area (Å²) in [5.41, 5.74) is -0.526. The van der Waals surface area contributed by atoms with Crippen molar-refractivity contribution < 1.29 is 19.4 Å². The highest BCUT2D eigenvalue weighted by atomic mass is 16.6. The summed E-state index contributed by atoms with van der Waals surface area (Å²) in [5.74, 6) is 0.131. The SMILES string of the molecule is CC[C@H]1COC[C@H](O)[C@@H]1NC(=O)OC(C)(C)C. The van der Waals surface area contributed by atoms with Gasteiger partial charge in [-0.3, -0.25) is 0 Å². The van der Waals surface area contributed by atoms with Crippen molar-refractivity contribution in [3.8, 4) is 0 Å². The molecule has 5 heteroatoms. The Bertz CT molecular complexity index is 262. The van der Waals surface area contributed by atoms with Crippen molar-refractivity contribution in [1.29, 1.82) is 0 Å². The number of carbonyl (C=O) groups excluding carboxylic acids is 1. The highest BCUT2D eigenvalue weighted by molar-refractivity contribution is 5.68. The number of ether oxygens (including phenoxy) is 2. The van der Waals surface area contributed by atoms with Crippen molar-refractivity contribution in [2.75, 3.05) is 13.2 Å². The van der Waals surface area contributed by atoms with E-state index in [1.165, 1.54) is 0 Å². The molecule has 1 aliphatic heterocycles. The van der Waals surface area contributed by atoms with Crippen molar-refractivity contribution in [2.45, 2.75) is 51.9 Å². The fourth-order valence-corrected chi connectivity index (χ4v) is 1.89. The summed E-state index contributed by atoms with van der Waals surface area (Å²) in [6.45, 7) is 8.26. The molecule has 2 N–H and O–H groups in total. The molecule has 0 bridgehead atoms. The Hall–Kier alpha value is -0.810.